The highest BCUT2D eigenvalue weighted by atomic mass is 19.1. The second-order valence-corrected chi connectivity index (χ2v) is 7.59. The van der Waals surface area contributed by atoms with Crippen molar-refractivity contribution in [1.29, 1.82) is 0 Å². The molecule has 1 fully saturated rings. The molecule has 0 radical (unpaired) electrons. The first-order valence-corrected chi connectivity index (χ1v) is 7.23. The van der Waals surface area contributed by atoms with Crippen LogP contribution in [0.25, 0.3) is 0 Å². The summed E-state index contributed by atoms with van der Waals surface area (Å²) < 4.78 is 12.9. The predicted molar refractivity (Wildman–Crippen MR) is 79.1 cm³/mol. The van der Waals surface area contributed by atoms with Crippen LogP contribution in [-0.4, -0.2) is 11.9 Å². The summed E-state index contributed by atoms with van der Waals surface area (Å²) >= 11 is 0. The summed E-state index contributed by atoms with van der Waals surface area (Å²) in [5.41, 5.74) is 0.998. The molecule has 2 nitrogen and oxygen atoms in total. The minimum Gasteiger partial charge on any atom is -0.349 e. The van der Waals surface area contributed by atoms with Crippen molar-refractivity contribution in [2.24, 2.45) is 10.8 Å². The number of amides is 1. The van der Waals surface area contributed by atoms with E-state index < -0.39 is 0 Å². The van der Waals surface area contributed by atoms with Crippen LogP contribution < -0.4 is 5.32 Å². The summed E-state index contributed by atoms with van der Waals surface area (Å²) in [5, 5.41) is 3.10. The smallest absolute Gasteiger partial charge is 0.251 e. The van der Waals surface area contributed by atoms with Crippen molar-refractivity contribution < 1.29 is 9.18 Å². The fraction of sp³-hybridized carbons (Fsp3) is 0.588. The van der Waals surface area contributed by atoms with Gasteiger partial charge in [-0.2, -0.15) is 0 Å². The van der Waals surface area contributed by atoms with Gasteiger partial charge in [-0.1, -0.05) is 27.7 Å². The molecule has 0 saturated heterocycles. The minimum absolute atomic E-state index is 0.108. The first-order chi connectivity index (χ1) is 9.17. The van der Waals surface area contributed by atoms with Crippen LogP contribution in [0.1, 0.15) is 57.3 Å². The molecular weight excluding hydrogens is 253 g/mol. The first-order valence-electron chi connectivity index (χ1n) is 7.23. The van der Waals surface area contributed by atoms with Crippen molar-refractivity contribution in [1.82, 2.24) is 5.32 Å². The third kappa shape index (κ3) is 3.81. The number of rotatable bonds is 2. The Morgan fingerprint density at radius 2 is 1.60 bits per heavy atom. The lowest BCUT2D eigenvalue weighted by Gasteiger charge is -2.45. The highest BCUT2D eigenvalue weighted by Crippen LogP contribution is 2.45. The Hall–Kier alpha value is -1.38. The topological polar surface area (TPSA) is 29.1 Å². The third-order valence-corrected chi connectivity index (χ3v) is 4.00. The molecular formula is C17H24FNO. The Morgan fingerprint density at radius 3 is 2.10 bits per heavy atom. The van der Waals surface area contributed by atoms with Gasteiger partial charge in [0.1, 0.15) is 5.82 Å². The average Bonchev–Trinajstić information content (AvgIpc) is 2.25. The van der Waals surface area contributed by atoms with Gasteiger partial charge in [-0.05, 0) is 54.4 Å². The Kier molecular flexibility index (Phi) is 3.90. The standard InChI is InChI=1S/C17H24FNO/c1-16(2)9-14(10-17(3,4)11-16)19-15(20)12-5-7-13(18)8-6-12/h5-8,14H,9-11H2,1-4H3,(H,19,20). The first kappa shape index (κ1) is 15.0. The van der Waals surface area contributed by atoms with Crippen molar-refractivity contribution >= 4 is 5.91 Å². The van der Waals surface area contributed by atoms with Gasteiger partial charge in [0.15, 0.2) is 0 Å². The lowest BCUT2D eigenvalue weighted by molar-refractivity contribution is 0.0713. The van der Waals surface area contributed by atoms with Gasteiger partial charge in [-0.15, -0.1) is 0 Å². The number of halogens is 1. The number of carbonyl (C=O) groups is 1. The lowest BCUT2D eigenvalue weighted by Crippen LogP contribution is -2.46. The number of hydrogen-bond donors (Lipinski definition) is 1. The van der Waals surface area contributed by atoms with Crippen molar-refractivity contribution in [3.05, 3.63) is 35.6 Å². The van der Waals surface area contributed by atoms with Gasteiger partial charge in [0, 0.05) is 11.6 Å². The van der Waals surface area contributed by atoms with Crippen molar-refractivity contribution in [2.45, 2.75) is 53.0 Å². The second kappa shape index (κ2) is 5.19. The second-order valence-electron chi connectivity index (χ2n) is 7.59. The quantitative estimate of drug-likeness (QED) is 0.864. The molecule has 1 saturated carbocycles. The molecule has 3 heteroatoms. The van der Waals surface area contributed by atoms with E-state index in [9.17, 15) is 9.18 Å². The molecule has 110 valence electrons. The van der Waals surface area contributed by atoms with Crippen LogP contribution in [-0.2, 0) is 0 Å². The number of benzene rings is 1. The third-order valence-electron chi connectivity index (χ3n) is 4.00. The molecule has 0 aromatic heterocycles. The van der Waals surface area contributed by atoms with Gasteiger partial charge in [-0.3, -0.25) is 4.79 Å². The van der Waals surface area contributed by atoms with Crippen molar-refractivity contribution in [3.8, 4) is 0 Å². The fourth-order valence-corrected chi connectivity index (χ4v) is 3.82. The predicted octanol–water partition coefficient (Wildman–Crippen LogP) is 4.16. The molecule has 1 aliphatic rings. The SMILES string of the molecule is CC1(C)CC(NC(=O)c2ccc(F)cc2)CC(C)(C)C1. The highest BCUT2D eigenvalue weighted by Gasteiger charge is 2.38. The number of hydrogen-bond acceptors (Lipinski definition) is 1. The van der Waals surface area contributed by atoms with E-state index in [1.54, 1.807) is 0 Å². The van der Waals surface area contributed by atoms with E-state index in [1.807, 2.05) is 0 Å². The van der Waals surface area contributed by atoms with E-state index in [4.69, 9.17) is 0 Å². The van der Waals surface area contributed by atoms with Gasteiger partial charge in [0.2, 0.25) is 0 Å². The van der Waals surface area contributed by atoms with E-state index in [0.29, 0.717) is 5.56 Å². The van der Waals surface area contributed by atoms with Crippen LogP contribution in [0, 0.1) is 16.6 Å². The van der Waals surface area contributed by atoms with E-state index in [0.717, 1.165) is 12.8 Å². The maximum Gasteiger partial charge on any atom is 0.251 e. The van der Waals surface area contributed by atoms with Crippen molar-refractivity contribution in [3.63, 3.8) is 0 Å². The van der Waals surface area contributed by atoms with E-state index in [-0.39, 0.29) is 28.6 Å². The van der Waals surface area contributed by atoms with Crippen LogP contribution in [0.2, 0.25) is 0 Å². The zero-order chi connectivity index (χ0) is 15.0. The van der Waals surface area contributed by atoms with Crippen LogP contribution in [0.3, 0.4) is 0 Å². The molecule has 1 N–H and O–H groups in total. The molecule has 0 bridgehead atoms. The Morgan fingerprint density at radius 1 is 1.10 bits per heavy atom. The van der Waals surface area contributed by atoms with Gasteiger partial charge in [0.05, 0.1) is 0 Å². The maximum absolute atomic E-state index is 12.9. The normalized spacial score (nSPS) is 21.4. The monoisotopic (exact) mass is 277 g/mol. The molecule has 0 atom stereocenters. The fourth-order valence-electron chi connectivity index (χ4n) is 3.82. The van der Waals surface area contributed by atoms with Gasteiger partial charge in [-0.25, -0.2) is 4.39 Å². The van der Waals surface area contributed by atoms with E-state index in [2.05, 4.69) is 33.0 Å². The van der Waals surface area contributed by atoms with E-state index in [1.165, 1.54) is 30.7 Å². The Balaban J connectivity index is 2.05. The van der Waals surface area contributed by atoms with Gasteiger partial charge in [0.25, 0.3) is 5.91 Å². The summed E-state index contributed by atoms with van der Waals surface area (Å²) in [5.74, 6) is -0.426. The molecule has 20 heavy (non-hydrogen) atoms. The molecule has 2 rings (SSSR count). The van der Waals surface area contributed by atoms with Crippen LogP contribution in [0.15, 0.2) is 24.3 Å². The van der Waals surface area contributed by atoms with Crippen LogP contribution in [0.4, 0.5) is 4.39 Å². The van der Waals surface area contributed by atoms with E-state index >= 15 is 0 Å². The molecule has 1 aromatic rings. The summed E-state index contributed by atoms with van der Waals surface area (Å²) in [4.78, 5) is 12.2. The summed E-state index contributed by atoms with van der Waals surface area (Å²) in [6.07, 6.45) is 3.15. The summed E-state index contributed by atoms with van der Waals surface area (Å²) in [6, 6.07) is 5.90. The summed E-state index contributed by atoms with van der Waals surface area (Å²) in [6.45, 7) is 9.02. The Bertz CT molecular complexity index is 474. The zero-order valence-electron chi connectivity index (χ0n) is 12.8. The largest absolute Gasteiger partial charge is 0.349 e. The number of carbonyl (C=O) groups excluding carboxylic acids is 1. The number of nitrogens with one attached hydrogen (secondary N) is 1. The average molecular weight is 277 g/mol. The van der Waals surface area contributed by atoms with Crippen molar-refractivity contribution in [2.75, 3.05) is 0 Å². The molecule has 0 heterocycles. The minimum atomic E-state index is -0.318. The molecule has 1 aliphatic carbocycles. The van der Waals surface area contributed by atoms with Gasteiger partial charge >= 0.3 is 0 Å². The van der Waals surface area contributed by atoms with Crippen LogP contribution in [0.5, 0.6) is 0 Å². The van der Waals surface area contributed by atoms with Gasteiger partial charge < -0.3 is 5.32 Å². The summed E-state index contributed by atoms with van der Waals surface area (Å²) in [7, 11) is 0. The molecule has 0 unspecified atom stereocenters. The van der Waals surface area contributed by atoms with Crippen LogP contribution >= 0.6 is 0 Å². The molecule has 1 aromatic carbocycles. The Labute approximate surface area is 120 Å². The maximum atomic E-state index is 12.9. The lowest BCUT2D eigenvalue weighted by atomic mass is 9.63. The molecule has 0 spiro atoms. The zero-order valence-corrected chi connectivity index (χ0v) is 12.8. The molecule has 0 aliphatic heterocycles. The highest BCUT2D eigenvalue weighted by molar-refractivity contribution is 5.94. The molecule has 1 amide bonds.